The van der Waals surface area contributed by atoms with Crippen molar-refractivity contribution in [3.8, 4) is 11.8 Å². The molecule has 1 fully saturated rings. The molecule has 0 bridgehead atoms. The van der Waals surface area contributed by atoms with Gasteiger partial charge in [-0.1, -0.05) is 15.9 Å². The van der Waals surface area contributed by atoms with Crippen molar-refractivity contribution in [3.05, 3.63) is 46.2 Å². The first kappa shape index (κ1) is 28.1. The Morgan fingerprint density at radius 1 is 1.29 bits per heavy atom. The van der Waals surface area contributed by atoms with Crippen LogP contribution in [-0.2, 0) is 4.79 Å². The summed E-state index contributed by atoms with van der Waals surface area (Å²) in [6.45, 7) is 7.66. The van der Waals surface area contributed by atoms with Crippen molar-refractivity contribution in [2.75, 3.05) is 32.1 Å². The summed E-state index contributed by atoms with van der Waals surface area (Å²) < 4.78 is 25.0. The van der Waals surface area contributed by atoms with Crippen LogP contribution in [0.2, 0.25) is 0 Å². The third-order valence-electron chi connectivity index (χ3n) is 5.70. The van der Waals surface area contributed by atoms with Crippen LogP contribution in [0.15, 0.2) is 40.0 Å². The molecule has 1 atom stereocenters. The molecule has 35 heavy (non-hydrogen) atoms. The number of benzene rings is 1. The molecule has 0 N–H and O–H groups in total. The molecule has 10 heteroatoms. The maximum absolute atomic E-state index is 12.4. The van der Waals surface area contributed by atoms with E-state index < -0.39 is 5.41 Å². The molecule has 0 aliphatic carbocycles. The zero-order chi connectivity index (χ0) is 24.3. The average molecular weight is 631 g/mol. The first-order chi connectivity index (χ1) is 16.2. The Morgan fingerprint density at radius 3 is 2.71 bits per heavy atom. The molecule has 6 nitrogen and oxygen atoms in total. The average Bonchev–Trinajstić information content (AvgIpc) is 3.25. The lowest BCUT2D eigenvalue weighted by Gasteiger charge is -2.22. The van der Waals surface area contributed by atoms with Gasteiger partial charge in [-0.05, 0) is 57.4 Å². The Balaban J connectivity index is 0.00000342. The van der Waals surface area contributed by atoms with Crippen molar-refractivity contribution in [1.82, 2.24) is 14.9 Å². The van der Waals surface area contributed by atoms with Crippen molar-refractivity contribution in [2.45, 2.75) is 44.6 Å². The molecule has 2 aromatic rings. The number of fused-ring (bicyclic) bond motifs is 1. The molecule has 0 saturated carbocycles. The van der Waals surface area contributed by atoms with Crippen LogP contribution >= 0.6 is 44.7 Å². The summed E-state index contributed by atoms with van der Waals surface area (Å²) in [5.41, 5.74) is 2.38. The molecule has 1 unspecified atom stereocenters. The van der Waals surface area contributed by atoms with E-state index in [1.165, 1.54) is 0 Å². The summed E-state index contributed by atoms with van der Waals surface area (Å²) in [7, 11) is 0. The second-order valence-corrected chi connectivity index (χ2v) is 11.5. The smallest absolute Gasteiger partial charge is 0.316 e. The Morgan fingerprint density at radius 2 is 2.03 bits per heavy atom. The van der Waals surface area contributed by atoms with Crippen molar-refractivity contribution >= 4 is 56.2 Å². The van der Waals surface area contributed by atoms with Gasteiger partial charge in [0.25, 0.3) is 0 Å². The number of ether oxygens (including phenoxy) is 2. The van der Waals surface area contributed by atoms with Gasteiger partial charge in [-0.3, -0.25) is 14.1 Å². The Bertz CT molecular complexity index is 1080. The molecular formula is C25H30Br2FN3O3S. The van der Waals surface area contributed by atoms with Crippen molar-refractivity contribution in [2.24, 2.45) is 5.41 Å². The van der Waals surface area contributed by atoms with E-state index in [-0.39, 0.29) is 35.7 Å². The lowest BCUT2D eigenvalue weighted by Crippen LogP contribution is -2.26. The molecule has 1 saturated heterocycles. The molecule has 0 spiro atoms. The normalized spacial score (nSPS) is 18.1. The summed E-state index contributed by atoms with van der Waals surface area (Å²) >= 11 is 5.40. The second-order valence-electron chi connectivity index (χ2n) is 9.49. The zero-order valence-electron chi connectivity index (χ0n) is 20.1. The largest absolute Gasteiger partial charge is 0.459 e. The first-order valence-electron chi connectivity index (χ1n) is 11.4. The molecule has 4 rings (SSSR count). The summed E-state index contributed by atoms with van der Waals surface area (Å²) in [4.78, 5) is 24.4. The number of aromatic nitrogens is 2. The van der Waals surface area contributed by atoms with Gasteiger partial charge in [0, 0.05) is 58.3 Å². The SMILES string of the molecule is Br.CC(C)(C)C(=O)Oc1ccc2c(c1)SCC(Br)=C2c1cnc(OC2CCN(CCCF)C2)nc1. The minimum atomic E-state index is -0.566. The van der Waals surface area contributed by atoms with Gasteiger partial charge in [0.1, 0.15) is 11.9 Å². The van der Waals surface area contributed by atoms with E-state index in [1.54, 1.807) is 24.2 Å². The van der Waals surface area contributed by atoms with Gasteiger partial charge in [0.2, 0.25) is 0 Å². The van der Waals surface area contributed by atoms with E-state index >= 15 is 0 Å². The van der Waals surface area contributed by atoms with Crippen molar-refractivity contribution in [1.29, 1.82) is 0 Å². The molecule has 2 aliphatic rings. The highest BCUT2D eigenvalue weighted by molar-refractivity contribution is 9.12. The number of thioether (sulfide) groups is 1. The molecule has 1 aromatic heterocycles. The Kier molecular flexibility index (Phi) is 9.76. The fourth-order valence-electron chi connectivity index (χ4n) is 3.86. The third kappa shape index (κ3) is 7.05. The lowest BCUT2D eigenvalue weighted by molar-refractivity contribution is -0.143. The van der Waals surface area contributed by atoms with E-state index in [0.717, 1.165) is 57.9 Å². The van der Waals surface area contributed by atoms with E-state index in [0.29, 0.717) is 18.2 Å². The Labute approximate surface area is 229 Å². The van der Waals surface area contributed by atoms with Gasteiger partial charge in [0.05, 0.1) is 12.1 Å². The topological polar surface area (TPSA) is 64.6 Å². The fraction of sp³-hybridized carbons (Fsp3) is 0.480. The fourth-order valence-corrected chi connectivity index (χ4v) is 5.60. The highest BCUT2D eigenvalue weighted by Crippen LogP contribution is 2.44. The van der Waals surface area contributed by atoms with Crippen LogP contribution in [-0.4, -0.2) is 59.0 Å². The minimum absolute atomic E-state index is 0. The van der Waals surface area contributed by atoms with Gasteiger partial charge < -0.3 is 9.47 Å². The molecule has 0 radical (unpaired) electrons. The molecular weight excluding hydrogens is 601 g/mol. The summed E-state index contributed by atoms with van der Waals surface area (Å²) in [6.07, 6.45) is 5.03. The van der Waals surface area contributed by atoms with Crippen molar-refractivity contribution < 1.29 is 18.7 Å². The van der Waals surface area contributed by atoms with Gasteiger partial charge in [-0.15, -0.1) is 28.7 Å². The molecule has 2 aliphatic heterocycles. The Hall–Kier alpha value is -1.49. The maximum atomic E-state index is 12.4. The third-order valence-corrected chi connectivity index (χ3v) is 7.83. The number of alkyl halides is 1. The number of rotatable bonds is 7. The lowest BCUT2D eigenvalue weighted by atomic mass is 9.97. The summed E-state index contributed by atoms with van der Waals surface area (Å²) in [5, 5.41) is 0. The maximum Gasteiger partial charge on any atom is 0.316 e. The quantitative estimate of drug-likeness (QED) is 0.271. The molecule has 3 heterocycles. The monoisotopic (exact) mass is 629 g/mol. The number of esters is 1. The van der Waals surface area contributed by atoms with Crippen LogP contribution in [0.1, 0.15) is 44.7 Å². The van der Waals surface area contributed by atoms with Crippen LogP contribution in [0.3, 0.4) is 0 Å². The van der Waals surface area contributed by atoms with E-state index in [9.17, 15) is 9.18 Å². The number of nitrogens with zero attached hydrogens (tertiary/aromatic N) is 3. The van der Waals surface area contributed by atoms with Gasteiger partial charge in [-0.2, -0.15) is 0 Å². The molecule has 190 valence electrons. The van der Waals surface area contributed by atoms with Crippen molar-refractivity contribution in [3.63, 3.8) is 0 Å². The zero-order valence-corrected chi connectivity index (χ0v) is 24.2. The van der Waals surface area contributed by atoms with E-state index in [2.05, 4.69) is 30.8 Å². The minimum Gasteiger partial charge on any atom is -0.459 e. The number of carbonyl (C=O) groups excluding carboxylic acids is 1. The highest BCUT2D eigenvalue weighted by Gasteiger charge is 2.27. The number of likely N-dealkylation sites (tertiary alicyclic amines) is 1. The summed E-state index contributed by atoms with van der Waals surface area (Å²) in [6, 6.07) is 6.06. The first-order valence-corrected chi connectivity index (χ1v) is 13.2. The number of hydrogen-bond donors (Lipinski definition) is 0. The highest BCUT2D eigenvalue weighted by atomic mass is 79.9. The van der Waals surface area contributed by atoms with Crippen LogP contribution in [0, 0.1) is 5.41 Å². The predicted octanol–water partition coefficient (Wildman–Crippen LogP) is 6.08. The number of carbonyl (C=O) groups is 1. The van der Waals surface area contributed by atoms with Crippen LogP contribution in [0.5, 0.6) is 11.8 Å². The van der Waals surface area contributed by atoms with Crippen LogP contribution < -0.4 is 9.47 Å². The van der Waals surface area contributed by atoms with Crippen LogP contribution in [0.4, 0.5) is 4.39 Å². The van der Waals surface area contributed by atoms with Gasteiger partial charge >= 0.3 is 12.0 Å². The molecule has 1 aromatic carbocycles. The predicted molar refractivity (Wildman–Crippen MR) is 146 cm³/mol. The second kappa shape index (κ2) is 12.2. The van der Waals surface area contributed by atoms with E-state index in [1.807, 2.05) is 39.0 Å². The summed E-state index contributed by atoms with van der Waals surface area (Å²) in [5.74, 6) is 1.04. The van der Waals surface area contributed by atoms with Gasteiger partial charge in [0.15, 0.2) is 0 Å². The van der Waals surface area contributed by atoms with Crippen LogP contribution in [0.25, 0.3) is 5.57 Å². The standard InChI is InChI=1S/C25H29BrFN3O3S.BrH/c1-25(2,3)23(31)32-17-5-6-19-21(11-17)34-15-20(26)22(19)16-12-28-24(29-13-16)33-18-7-10-30(14-18)9-4-8-27;/h5-6,11-13,18H,4,7-10,14-15H2,1-3H3;1H. The number of halogens is 3. The molecule has 0 amide bonds. The van der Waals surface area contributed by atoms with E-state index in [4.69, 9.17) is 9.47 Å². The van der Waals surface area contributed by atoms with Gasteiger partial charge in [-0.25, -0.2) is 9.97 Å². The number of hydrogen-bond acceptors (Lipinski definition) is 7.